The Balaban J connectivity index is 2.45. The van der Waals surface area contributed by atoms with Crippen molar-refractivity contribution in [3.05, 3.63) is 24.0 Å². The van der Waals surface area contributed by atoms with Gasteiger partial charge in [0.15, 0.2) is 5.69 Å². The van der Waals surface area contributed by atoms with Crippen molar-refractivity contribution in [3.8, 4) is 6.07 Å². The molecule has 0 bridgehead atoms. The van der Waals surface area contributed by atoms with E-state index in [0.29, 0.717) is 6.54 Å². The third-order valence-electron chi connectivity index (χ3n) is 3.29. The van der Waals surface area contributed by atoms with Crippen LogP contribution in [0.4, 0.5) is 0 Å². The Morgan fingerprint density at radius 2 is 2.26 bits per heavy atom. The van der Waals surface area contributed by atoms with Crippen LogP contribution in [0, 0.1) is 11.3 Å². The molecule has 1 saturated heterocycles. The number of sulfonamides is 1. The first-order chi connectivity index (χ1) is 8.98. The van der Waals surface area contributed by atoms with Gasteiger partial charge < -0.3 is 0 Å². The van der Waals surface area contributed by atoms with Crippen molar-refractivity contribution < 1.29 is 8.42 Å². The number of nitrogens with zero attached hydrogens (tertiary/aromatic N) is 3. The van der Waals surface area contributed by atoms with Crippen LogP contribution in [0.1, 0.15) is 19.5 Å². The summed E-state index contributed by atoms with van der Waals surface area (Å²) < 4.78 is 26.8. The molecule has 2 heterocycles. The summed E-state index contributed by atoms with van der Waals surface area (Å²) in [4.78, 5) is 3.83. The van der Waals surface area contributed by atoms with Gasteiger partial charge in [0.1, 0.15) is 11.0 Å². The Hall–Kier alpha value is -1.10. The van der Waals surface area contributed by atoms with Gasteiger partial charge >= 0.3 is 0 Å². The summed E-state index contributed by atoms with van der Waals surface area (Å²) in [6, 6.07) is 4.74. The van der Waals surface area contributed by atoms with Gasteiger partial charge in [0.05, 0.1) is 0 Å². The maximum absolute atomic E-state index is 12.6. The molecule has 19 heavy (non-hydrogen) atoms. The molecule has 1 aliphatic rings. The monoisotopic (exact) mass is 297 g/mol. The van der Waals surface area contributed by atoms with Gasteiger partial charge in [-0.1, -0.05) is 6.92 Å². The van der Waals surface area contributed by atoms with Gasteiger partial charge in [-0.15, -0.1) is 0 Å². The van der Waals surface area contributed by atoms with Crippen LogP contribution >= 0.6 is 11.8 Å². The van der Waals surface area contributed by atoms with E-state index in [1.807, 2.05) is 19.9 Å². The van der Waals surface area contributed by atoms with Gasteiger partial charge in [-0.2, -0.15) is 21.3 Å². The highest BCUT2D eigenvalue weighted by molar-refractivity contribution is 8.00. The zero-order valence-electron chi connectivity index (χ0n) is 10.8. The minimum Gasteiger partial charge on any atom is -0.244 e. The Labute approximate surface area is 117 Å². The normalized spacial score (nSPS) is 24.9. The first-order valence-electron chi connectivity index (χ1n) is 5.97. The van der Waals surface area contributed by atoms with Crippen molar-refractivity contribution >= 4 is 21.8 Å². The number of hydrogen-bond donors (Lipinski definition) is 0. The maximum atomic E-state index is 12.6. The summed E-state index contributed by atoms with van der Waals surface area (Å²) in [6.45, 7) is 4.39. The number of pyridine rings is 1. The predicted molar refractivity (Wildman–Crippen MR) is 74.2 cm³/mol. The predicted octanol–water partition coefficient (Wildman–Crippen LogP) is 1.47. The van der Waals surface area contributed by atoms with Crippen LogP contribution in [0.2, 0.25) is 0 Å². The highest BCUT2D eigenvalue weighted by Crippen LogP contribution is 2.29. The Morgan fingerprint density at radius 3 is 2.95 bits per heavy atom. The van der Waals surface area contributed by atoms with Gasteiger partial charge in [0, 0.05) is 29.8 Å². The zero-order valence-corrected chi connectivity index (χ0v) is 12.4. The molecule has 102 valence electrons. The van der Waals surface area contributed by atoms with Crippen LogP contribution in [0.15, 0.2) is 23.2 Å². The van der Waals surface area contributed by atoms with Crippen LogP contribution in [0.3, 0.4) is 0 Å². The van der Waals surface area contributed by atoms with E-state index in [2.05, 4.69) is 4.98 Å². The third-order valence-corrected chi connectivity index (χ3v) is 6.65. The molecule has 0 radical (unpaired) electrons. The fraction of sp³-hybridized carbons (Fsp3) is 0.500. The topological polar surface area (TPSA) is 74.1 Å². The van der Waals surface area contributed by atoms with Crippen LogP contribution in [0.25, 0.3) is 0 Å². The summed E-state index contributed by atoms with van der Waals surface area (Å²) in [5.74, 6) is 0.771. The minimum absolute atomic E-state index is 0.00319. The minimum atomic E-state index is -3.65. The average Bonchev–Trinajstić information content (AvgIpc) is 2.41. The lowest BCUT2D eigenvalue weighted by atomic mass is 10.2. The fourth-order valence-corrected chi connectivity index (χ4v) is 5.14. The molecule has 0 amide bonds. The van der Waals surface area contributed by atoms with Crippen LogP contribution in [0.5, 0.6) is 0 Å². The number of nitriles is 1. The van der Waals surface area contributed by atoms with E-state index in [1.54, 1.807) is 17.8 Å². The number of thioether (sulfide) groups is 1. The molecule has 0 spiro atoms. The lowest BCUT2D eigenvalue weighted by Crippen LogP contribution is -2.48. The van der Waals surface area contributed by atoms with E-state index in [9.17, 15) is 8.42 Å². The summed E-state index contributed by atoms with van der Waals surface area (Å²) >= 11 is 1.76. The number of hydrogen-bond acceptors (Lipinski definition) is 5. The number of aromatic nitrogens is 1. The summed E-state index contributed by atoms with van der Waals surface area (Å²) in [5, 5.41) is 9.24. The van der Waals surface area contributed by atoms with Crippen molar-refractivity contribution in [1.29, 1.82) is 5.26 Å². The summed E-state index contributed by atoms with van der Waals surface area (Å²) in [5.41, 5.74) is -0.0411. The molecule has 0 saturated carbocycles. The molecule has 0 aromatic carbocycles. The molecule has 1 aliphatic heterocycles. The van der Waals surface area contributed by atoms with Gasteiger partial charge in [-0.25, -0.2) is 13.4 Å². The standard InChI is InChI=1S/C12H15N3O2S2/c1-9-10(2)18-7-6-15(9)19(16,17)12-4-3-5-14-11(12)8-13/h3-5,9-10H,6-7H2,1-2H3. The van der Waals surface area contributed by atoms with Gasteiger partial charge in [0.25, 0.3) is 0 Å². The molecule has 1 fully saturated rings. The highest BCUT2D eigenvalue weighted by Gasteiger charge is 2.36. The highest BCUT2D eigenvalue weighted by atomic mass is 32.2. The van der Waals surface area contributed by atoms with E-state index < -0.39 is 10.0 Å². The van der Waals surface area contributed by atoms with Gasteiger partial charge in [0.2, 0.25) is 10.0 Å². The molecule has 2 unspecified atom stereocenters. The van der Waals surface area contributed by atoms with Crippen LogP contribution in [-0.4, -0.2) is 41.3 Å². The summed E-state index contributed by atoms with van der Waals surface area (Å²) in [7, 11) is -3.65. The van der Waals surface area contributed by atoms with Crippen molar-refractivity contribution in [2.24, 2.45) is 0 Å². The van der Waals surface area contributed by atoms with E-state index in [-0.39, 0.29) is 21.9 Å². The first-order valence-corrected chi connectivity index (χ1v) is 8.46. The van der Waals surface area contributed by atoms with Gasteiger partial charge in [-0.05, 0) is 19.1 Å². The number of rotatable bonds is 2. The molecular formula is C12H15N3O2S2. The van der Waals surface area contributed by atoms with E-state index >= 15 is 0 Å². The van der Waals surface area contributed by atoms with Crippen molar-refractivity contribution in [2.45, 2.75) is 30.0 Å². The Morgan fingerprint density at radius 1 is 1.53 bits per heavy atom. The lowest BCUT2D eigenvalue weighted by molar-refractivity contribution is 0.340. The molecule has 0 N–H and O–H groups in total. The van der Waals surface area contributed by atoms with Crippen LogP contribution in [-0.2, 0) is 10.0 Å². The molecule has 0 aliphatic carbocycles. The second-order valence-electron chi connectivity index (χ2n) is 4.39. The molecular weight excluding hydrogens is 282 g/mol. The van der Waals surface area contributed by atoms with Crippen LogP contribution < -0.4 is 0 Å². The van der Waals surface area contributed by atoms with E-state index in [0.717, 1.165) is 5.75 Å². The first kappa shape index (κ1) is 14.3. The van der Waals surface area contributed by atoms with Crippen molar-refractivity contribution in [3.63, 3.8) is 0 Å². The zero-order chi connectivity index (χ0) is 14.0. The molecule has 2 atom stereocenters. The lowest BCUT2D eigenvalue weighted by Gasteiger charge is -2.36. The second kappa shape index (κ2) is 5.49. The second-order valence-corrected chi connectivity index (χ2v) is 7.74. The third kappa shape index (κ3) is 2.61. The summed E-state index contributed by atoms with van der Waals surface area (Å²) in [6.07, 6.45) is 1.43. The molecule has 1 aromatic rings. The fourth-order valence-electron chi connectivity index (χ4n) is 2.05. The quantitative estimate of drug-likeness (QED) is 0.826. The Bertz CT molecular complexity index is 610. The SMILES string of the molecule is CC1SCCN(S(=O)(=O)c2cccnc2C#N)C1C. The van der Waals surface area contributed by atoms with Crippen molar-refractivity contribution in [2.75, 3.05) is 12.3 Å². The molecule has 2 rings (SSSR count). The van der Waals surface area contributed by atoms with Gasteiger partial charge in [-0.3, -0.25) is 0 Å². The average molecular weight is 297 g/mol. The smallest absolute Gasteiger partial charge is 0.244 e. The maximum Gasteiger partial charge on any atom is 0.246 e. The largest absolute Gasteiger partial charge is 0.246 e. The molecule has 5 nitrogen and oxygen atoms in total. The van der Waals surface area contributed by atoms with E-state index in [1.165, 1.54) is 16.6 Å². The van der Waals surface area contributed by atoms with E-state index in [4.69, 9.17) is 5.26 Å². The molecule has 7 heteroatoms. The van der Waals surface area contributed by atoms with Crippen molar-refractivity contribution in [1.82, 2.24) is 9.29 Å². The Kier molecular flexibility index (Phi) is 4.13. The molecule has 1 aromatic heterocycles.